The van der Waals surface area contributed by atoms with Crippen molar-refractivity contribution in [1.29, 1.82) is 0 Å². The van der Waals surface area contributed by atoms with Crippen LogP contribution in [-0.2, 0) is 31.2 Å². The van der Waals surface area contributed by atoms with Crippen molar-refractivity contribution in [2.45, 2.75) is 26.3 Å². The molecule has 2 N–H and O–H groups in total. The summed E-state index contributed by atoms with van der Waals surface area (Å²) in [6.07, 6.45) is 5.43. The van der Waals surface area contributed by atoms with Crippen molar-refractivity contribution in [2.24, 2.45) is 12.0 Å². The van der Waals surface area contributed by atoms with E-state index in [-0.39, 0.29) is 24.0 Å². The highest BCUT2D eigenvalue weighted by molar-refractivity contribution is 14.0. The highest BCUT2D eigenvalue weighted by Gasteiger charge is 2.06. The third kappa shape index (κ3) is 7.47. The Morgan fingerprint density at radius 3 is 2.84 bits per heavy atom. The number of methoxy groups -OCH3 is 1. The molecule has 0 aliphatic heterocycles. The van der Waals surface area contributed by atoms with Crippen LogP contribution in [0.25, 0.3) is 0 Å². The summed E-state index contributed by atoms with van der Waals surface area (Å²) in [6, 6.07) is 3.87. The number of halogens is 1. The van der Waals surface area contributed by atoms with Crippen LogP contribution >= 0.6 is 24.0 Å². The fourth-order valence-electron chi connectivity index (χ4n) is 2.38. The maximum atomic E-state index is 5.34. The van der Waals surface area contributed by atoms with E-state index in [4.69, 9.17) is 9.15 Å². The second kappa shape index (κ2) is 11.9. The minimum absolute atomic E-state index is 0. The van der Waals surface area contributed by atoms with Crippen molar-refractivity contribution < 1.29 is 9.15 Å². The maximum Gasteiger partial charge on any atom is 0.191 e. The van der Waals surface area contributed by atoms with E-state index in [0.29, 0.717) is 19.7 Å². The molecule has 2 heterocycles. The topological polar surface area (TPSA) is 76.6 Å². The Hall–Kier alpha value is -1.55. The van der Waals surface area contributed by atoms with Gasteiger partial charge in [-0.25, -0.2) is 4.99 Å². The van der Waals surface area contributed by atoms with Gasteiger partial charge in [-0.05, 0) is 18.6 Å². The molecule has 0 aliphatic rings. The summed E-state index contributed by atoms with van der Waals surface area (Å²) in [4.78, 5) is 4.66. The molecule has 2 aromatic rings. The summed E-state index contributed by atoms with van der Waals surface area (Å²) in [5.74, 6) is 1.73. The van der Waals surface area contributed by atoms with Gasteiger partial charge in [0.25, 0.3) is 0 Å². The van der Waals surface area contributed by atoms with Crippen molar-refractivity contribution in [3.8, 4) is 0 Å². The van der Waals surface area contributed by atoms with Crippen LogP contribution in [0.3, 0.4) is 0 Å². The maximum absolute atomic E-state index is 5.34. The van der Waals surface area contributed by atoms with Crippen LogP contribution in [0, 0.1) is 0 Å². The first kappa shape index (κ1) is 21.5. The molecule has 8 heteroatoms. The molecule has 0 unspecified atom stereocenters. The van der Waals surface area contributed by atoms with E-state index in [0.717, 1.165) is 42.4 Å². The third-order valence-electron chi connectivity index (χ3n) is 3.58. The first-order valence-corrected chi connectivity index (χ1v) is 8.27. The first-order valence-electron chi connectivity index (χ1n) is 8.27. The number of rotatable bonds is 9. The van der Waals surface area contributed by atoms with E-state index in [1.165, 1.54) is 0 Å². The monoisotopic (exact) mass is 461 g/mol. The zero-order valence-electron chi connectivity index (χ0n) is 15.1. The van der Waals surface area contributed by atoms with Gasteiger partial charge in [0.1, 0.15) is 5.76 Å². The molecule has 0 atom stereocenters. The molecule has 25 heavy (non-hydrogen) atoms. The zero-order chi connectivity index (χ0) is 17.2. The average Bonchev–Trinajstić information content (AvgIpc) is 3.21. The highest BCUT2D eigenvalue weighted by atomic mass is 127. The van der Waals surface area contributed by atoms with Gasteiger partial charge < -0.3 is 19.8 Å². The molecule has 140 valence electrons. The van der Waals surface area contributed by atoms with E-state index < -0.39 is 0 Å². The lowest BCUT2D eigenvalue weighted by Gasteiger charge is -2.12. The van der Waals surface area contributed by atoms with Crippen molar-refractivity contribution in [3.63, 3.8) is 0 Å². The number of guanidine groups is 1. The number of ether oxygens (including phenoxy) is 1. The number of nitrogens with zero attached hydrogens (tertiary/aromatic N) is 3. The normalized spacial score (nSPS) is 11.2. The SMILES string of the molecule is CCc1nn(C)cc1CN=C(NCCOC)NCCc1ccco1.I. The van der Waals surface area contributed by atoms with Crippen LogP contribution in [0.1, 0.15) is 23.9 Å². The molecule has 0 aliphatic carbocycles. The summed E-state index contributed by atoms with van der Waals surface area (Å²) < 4.78 is 12.3. The Morgan fingerprint density at radius 2 is 2.16 bits per heavy atom. The fraction of sp³-hybridized carbons (Fsp3) is 0.529. The number of hydrogen-bond acceptors (Lipinski definition) is 4. The minimum Gasteiger partial charge on any atom is -0.469 e. The van der Waals surface area contributed by atoms with Crippen LogP contribution < -0.4 is 10.6 Å². The van der Waals surface area contributed by atoms with Gasteiger partial charge in [-0.15, -0.1) is 24.0 Å². The van der Waals surface area contributed by atoms with Gasteiger partial charge in [0.05, 0.1) is 25.1 Å². The Balaban J connectivity index is 0.00000312. The number of furan rings is 1. The fourth-order valence-corrected chi connectivity index (χ4v) is 2.38. The summed E-state index contributed by atoms with van der Waals surface area (Å²) >= 11 is 0. The molecule has 0 saturated heterocycles. The Bertz CT molecular complexity index is 625. The van der Waals surface area contributed by atoms with Gasteiger partial charge in [0.15, 0.2) is 5.96 Å². The molecule has 7 nitrogen and oxygen atoms in total. The number of aryl methyl sites for hydroxylation is 2. The van der Waals surface area contributed by atoms with Gasteiger partial charge >= 0.3 is 0 Å². The predicted octanol–water partition coefficient (Wildman–Crippen LogP) is 2.12. The van der Waals surface area contributed by atoms with Gasteiger partial charge in [0, 0.05) is 45.4 Å². The predicted molar refractivity (Wildman–Crippen MR) is 109 cm³/mol. The molecule has 0 spiro atoms. The summed E-state index contributed by atoms with van der Waals surface area (Å²) in [5, 5.41) is 11.1. The van der Waals surface area contributed by atoms with E-state index >= 15 is 0 Å². The molecule has 0 bridgehead atoms. The largest absolute Gasteiger partial charge is 0.469 e. The Morgan fingerprint density at radius 1 is 1.36 bits per heavy atom. The second-order valence-corrected chi connectivity index (χ2v) is 5.47. The lowest BCUT2D eigenvalue weighted by atomic mass is 10.2. The first-order chi connectivity index (χ1) is 11.7. The van der Waals surface area contributed by atoms with Crippen LogP contribution in [0.2, 0.25) is 0 Å². The van der Waals surface area contributed by atoms with Crippen molar-refractivity contribution in [1.82, 2.24) is 20.4 Å². The minimum atomic E-state index is 0. The van der Waals surface area contributed by atoms with Crippen LogP contribution in [0.15, 0.2) is 34.0 Å². The number of aliphatic imine (C=N–C) groups is 1. The third-order valence-corrected chi connectivity index (χ3v) is 3.58. The summed E-state index contributed by atoms with van der Waals surface area (Å²) in [6.45, 7) is 4.79. The molecule has 2 rings (SSSR count). The molecule has 0 saturated carbocycles. The van der Waals surface area contributed by atoms with Gasteiger partial charge in [-0.1, -0.05) is 6.92 Å². The van der Waals surface area contributed by atoms with Gasteiger partial charge in [0.2, 0.25) is 0 Å². The average molecular weight is 461 g/mol. The van der Waals surface area contributed by atoms with Crippen LogP contribution in [-0.4, -0.2) is 42.5 Å². The van der Waals surface area contributed by atoms with Crippen LogP contribution in [0.4, 0.5) is 0 Å². The van der Waals surface area contributed by atoms with Crippen molar-refractivity contribution >= 4 is 29.9 Å². The zero-order valence-corrected chi connectivity index (χ0v) is 17.4. The smallest absolute Gasteiger partial charge is 0.191 e. The van der Waals surface area contributed by atoms with Gasteiger partial charge in [-0.3, -0.25) is 4.68 Å². The Labute approximate surface area is 166 Å². The van der Waals surface area contributed by atoms with E-state index in [1.54, 1.807) is 13.4 Å². The lowest BCUT2D eigenvalue weighted by molar-refractivity contribution is 0.203. The van der Waals surface area contributed by atoms with Crippen LogP contribution in [0.5, 0.6) is 0 Å². The molecule has 0 fully saturated rings. The van der Waals surface area contributed by atoms with E-state index in [9.17, 15) is 0 Å². The van der Waals surface area contributed by atoms with E-state index in [2.05, 4.69) is 27.6 Å². The van der Waals surface area contributed by atoms with E-state index in [1.807, 2.05) is 30.1 Å². The molecule has 2 aromatic heterocycles. The molecule has 0 aromatic carbocycles. The number of nitrogens with one attached hydrogen (secondary N) is 2. The lowest BCUT2D eigenvalue weighted by Crippen LogP contribution is -2.40. The summed E-state index contributed by atoms with van der Waals surface area (Å²) in [5.41, 5.74) is 2.24. The number of aromatic nitrogens is 2. The van der Waals surface area contributed by atoms with Gasteiger partial charge in [-0.2, -0.15) is 5.10 Å². The molecular weight excluding hydrogens is 433 g/mol. The van der Waals surface area contributed by atoms with Crippen molar-refractivity contribution in [2.75, 3.05) is 26.8 Å². The number of hydrogen-bond donors (Lipinski definition) is 2. The van der Waals surface area contributed by atoms with Crippen molar-refractivity contribution in [3.05, 3.63) is 41.6 Å². The quantitative estimate of drug-likeness (QED) is 0.259. The molecule has 0 amide bonds. The second-order valence-electron chi connectivity index (χ2n) is 5.47. The standard InChI is InChI=1S/C17H27N5O2.HI/c1-4-16-14(13-22(2)21-16)12-20-17(19-9-11-23-3)18-8-7-15-6-5-10-24-15;/h5-6,10,13H,4,7-9,11-12H2,1-3H3,(H2,18,19,20);1H. The molecular formula is C17H28IN5O2. The Kier molecular flexibility index (Phi) is 10.2. The highest BCUT2D eigenvalue weighted by Crippen LogP contribution is 2.08. The summed E-state index contributed by atoms with van der Waals surface area (Å²) in [7, 11) is 3.62. The molecule has 0 radical (unpaired) electrons.